The van der Waals surface area contributed by atoms with Crippen molar-refractivity contribution in [2.45, 2.75) is 52.0 Å². The first-order valence-electron chi connectivity index (χ1n) is 15.2. The van der Waals surface area contributed by atoms with Gasteiger partial charge in [0, 0.05) is 30.1 Å². The van der Waals surface area contributed by atoms with E-state index in [1.54, 1.807) is 0 Å². The summed E-state index contributed by atoms with van der Waals surface area (Å²) in [6.07, 6.45) is -4.89. The molecular weight excluding hydrogens is 302 g/mol. The van der Waals surface area contributed by atoms with Crippen LogP contribution in [0.25, 0.3) is 0 Å². The van der Waals surface area contributed by atoms with E-state index in [-0.39, 0.29) is 30.8 Å². The third kappa shape index (κ3) is 3.40. The van der Waals surface area contributed by atoms with Gasteiger partial charge < -0.3 is 14.6 Å². The first kappa shape index (κ1) is 6.81. The lowest BCUT2D eigenvalue weighted by molar-refractivity contribution is -0.0259. The highest BCUT2D eigenvalue weighted by Gasteiger charge is 2.39. The summed E-state index contributed by atoms with van der Waals surface area (Å²) in [5.41, 5.74) is -2.27. The van der Waals surface area contributed by atoms with Crippen molar-refractivity contribution >= 4 is 0 Å². The lowest BCUT2D eigenvalue weighted by atomic mass is 9.75. The van der Waals surface area contributed by atoms with Crippen LogP contribution >= 0.6 is 0 Å². The summed E-state index contributed by atoms with van der Waals surface area (Å²) in [5.74, 6) is -2.35. The number of rotatable bonds is 3. The SMILES string of the molecule is [2H]C([2H])([2H])Oc1cc2c(cc1OC([2H])([2H])[2H])C1([2H])CC(O)C(C([2H])([2H])C(C)(C([2H])([2H])[2H])C([2H])([2H])[2H])CN1CC2. The summed E-state index contributed by atoms with van der Waals surface area (Å²) in [6, 6.07) is 0.633. The second-order valence-corrected chi connectivity index (χ2v) is 6.45. The Morgan fingerprint density at radius 1 is 1.38 bits per heavy atom. The number of benzene rings is 1. The van der Waals surface area contributed by atoms with Crippen LogP contribution in [0.5, 0.6) is 11.5 Å². The van der Waals surface area contributed by atoms with Gasteiger partial charge in [-0.3, -0.25) is 4.90 Å². The number of nitrogens with zero attached hydrogens (tertiary/aromatic N) is 1. The highest BCUT2D eigenvalue weighted by atomic mass is 16.5. The fraction of sp³-hybridized carbons (Fsp3) is 0.700. The van der Waals surface area contributed by atoms with Gasteiger partial charge in [-0.2, -0.15) is 0 Å². The van der Waals surface area contributed by atoms with Crippen molar-refractivity contribution < 1.29 is 35.1 Å². The maximum Gasteiger partial charge on any atom is 0.161 e. The van der Waals surface area contributed by atoms with E-state index in [0.29, 0.717) is 5.56 Å². The van der Waals surface area contributed by atoms with Crippen molar-refractivity contribution in [2.75, 3.05) is 27.2 Å². The standard InChI is InChI=1S/C20H31NO3/c1-20(2,3)11-14-12-21-7-6-13-8-18(23-4)19(24-5)9-15(13)16(21)10-17(14)22/h8-9,14,16-17,22H,6-7,10-12H2,1-5H3/i1D3,2D3,4D3,5D3,11D2,16D. The molecule has 3 unspecified atom stereocenters. The van der Waals surface area contributed by atoms with Crippen LogP contribution in [-0.2, 0) is 6.42 Å². The summed E-state index contributed by atoms with van der Waals surface area (Å²) < 4.78 is 128. The molecule has 0 bridgehead atoms. The molecule has 1 saturated heterocycles. The van der Waals surface area contributed by atoms with Crippen LogP contribution in [-0.4, -0.2) is 43.3 Å². The van der Waals surface area contributed by atoms with E-state index < -0.39 is 69.8 Å². The van der Waals surface area contributed by atoms with Crippen LogP contribution in [0.4, 0.5) is 0 Å². The van der Waals surface area contributed by atoms with Crippen molar-refractivity contribution in [2.24, 2.45) is 11.3 Å². The predicted molar refractivity (Wildman–Crippen MR) is 95.7 cm³/mol. The summed E-state index contributed by atoms with van der Waals surface area (Å²) in [6.45, 7) is -5.97. The van der Waals surface area contributed by atoms with Gasteiger partial charge in [0.1, 0.15) is 0 Å². The molecule has 1 N–H and O–H groups in total. The minimum Gasteiger partial charge on any atom is -0.493 e. The van der Waals surface area contributed by atoms with Crippen molar-refractivity contribution in [3.63, 3.8) is 0 Å². The van der Waals surface area contributed by atoms with Gasteiger partial charge in [0.2, 0.25) is 0 Å². The van der Waals surface area contributed by atoms with Crippen molar-refractivity contribution in [1.82, 2.24) is 4.90 Å². The maximum absolute atomic E-state index is 11.1. The molecule has 1 fully saturated rings. The normalized spacial score (nSPS) is 42.3. The van der Waals surface area contributed by atoms with Gasteiger partial charge in [-0.25, -0.2) is 0 Å². The second-order valence-electron chi connectivity index (χ2n) is 6.45. The van der Waals surface area contributed by atoms with Crippen LogP contribution in [0.1, 0.15) is 71.1 Å². The van der Waals surface area contributed by atoms with E-state index in [0.717, 1.165) is 13.0 Å². The van der Waals surface area contributed by atoms with Gasteiger partial charge in [-0.1, -0.05) is 20.6 Å². The average Bonchev–Trinajstić information content (AvgIpc) is 2.69. The molecule has 134 valence electrons. The largest absolute Gasteiger partial charge is 0.493 e. The fourth-order valence-corrected chi connectivity index (χ4v) is 3.45. The summed E-state index contributed by atoms with van der Waals surface area (Å²) >= 11 is 0. The number of hydrogen-bond acceptors (Lipinski definition) is 4. The van der Waals surface area contributed by atoms with Gasteiger partial charge in [-0.15, -0.1) is 0 Å². The monoisotopic (exact) mass is 348 g/mol. The first-order chi connectivity index (χ1) is 17.2. The molecule has 4 heteroatoms. The molecule has 0 radical (unpaired) electrons. The summed E-state index contributed by atoms with van der Waals surface area (Å²) in [4.78, 5) is 1.47. The quantitative estimate of drug-likeness (QED) is 0.909. The molecule has 0 aliphatic carbocycles. The Morgan fingerprint density at radius 2 is 2.12 bits per heavy atom. The zero-order chi connectivity index (χ0) is 30.2. The molecule has 2 aliphatic rings. The summed E-state index contributed by atoms with van der Waals surface area (Å²) in [5, 5.41) is 11.1. The molecule has 0 saturated carbocycles. The Bertz CT molecular complexity index is 1060. The molecular formula is C20H31NO3. The number of ether oxygens (including phenoxy) is 2. The number of piperidine rings is 1. The smallest absolute Gasteiger partial charge is 0.161 e. The Morgan fingerprint density at radius 3 is 2.83 bits per heavy atom. The molecule has 1 aromatic carbocycles. The van der Waals surface area contributed by atoms with Crippen molar-refractivity contribution in [3.05, 3.63) is 23.3 Å². The van der Waals surface area contributed by atoms with Gasteiger partial charge in [-0.05, 0) is 53.8 Å². The molecule has 2 aliphatic heterocycles. The predicted octanol–water partition coefficient (Wildman–Crippen LogP) is 3.42. The third-order valence-corrected chi connectivity index (χ3v) is 4.49. The molecule has 1 aromatic rings. The number of aliphatic hydroxyl groups excluding tert-OH is 1. The van der Waals surface area contributed by atoms with E-state index in [9.17, 15) is 6.48 Å². The number of methoxy groups -OCH3 is 2. The van der Waals surface area contributed by atoms with Gasteiger partial charge in [0.15, 0.2) is 11.5 Å². The van der Waals surface area contributed by atoms with E-state index >= 15 is 0 Å². The Labute approximate surface area is 166 Å². The minimum absolute atomic E-state index is 0.0979. The molecule has 4 nitrogen and oxygen atoms in total. The van der Waals surface area contributed by atoms with Crippen LogP contribution in [0.15, 0.2) is 12.1 Å². The lowest BCUT2D eigenvalue weighted by Crippen LogP contribution is -2.48. The molecule has 0 aromatic heterocycles. The van der Waals surface area contributed by atoms with Gasteiger partial charge in [0.05, 0.1) is 29.8 Å². The zero-order valence-electron chi connectivity index (χ0n) is 28.3. The van der Waals surface area contributed by atoms with Crippen LogP contribution in [0.2, 0.25) is 0 Å². The molecule has 0 amide bonds. The minimum atomic E-state index is -3.26. The number of hydrogen-bond donors (Lipinski definition) is 1. The molecule has 3 atom stereocenters. The van der Waals surface area contributed by atoms with Crippen molar-refractivity contribution in [3.8, 4) is 11.5 Å². The topological polar surface area (TPSA) is 41.9 Å². The first-order valence-corrected chi connectivity index (χ1v) is 7.73. The maximum atomic E-state index is 11.1. The average molecular weight is 349 g/mol. The van der Waals surface area contributed by atoms with Crippen molar-refractivity contribution in [1.29, 1.82) is 0 Å². The highest BCUT2D eigenvalue weighted by Crippen LogP contribution is 2.44. The number of fused-ring (bicyclic) bond motifs is 3. The van der Waals surface area contributed by atoms with E-state index in [4.69, 9.17) is 28.7 Å². The number of aliphatic hydroxyl groups is 1. The van der Waals surface area contributed by atoms with E-state index in [2.05, 4.69) is 0 Å². The van der Waals surface area contributed by atoms with Crippen LogP contribution in [0.3, 0.4) is 0 Å². The molecule has 0 spiro atoms. The lowest BCUT2D eigenvalue weighted by Gasteiger charge is -2.47. The molecule has 24 heavy (non-hydrogen) atoms. The highest BCUT2D eigenvalue weighted by molar-refractivity contribution is 5.49. The van der Waals surface area contributed by atoms with E-state index in [1.807, 2.05) is 0 Å². The second kappa shape index (κ2) is 6.57. The Balaban J connectivity index is 2.08. The van der Waals surface area contributed by atoms with Gasteiger partial charge >= 0.3 is 0 Å². The Hall–Kier alpha value is -1.26. The van der Waals surface area contributed by atoms with E-state index in [1.165, 1.54) is 11.0 Å². The molecule has 2 heterocycles. The van der Waals surface area contributed by atoms with Gasteiger partial charge in [0.25, 0.3) is 0 Å². The Kier molecular flexibility index (Phi) is 1.86. The zero-order valence-corrected chi connectivity index (χ0v) is 13.3. The van der Waals surface area contributed by atoms with Crippen LogP contribution < -0.4 is 9.47 Å². The van der Waals surface area contributed by atoms with Crippen LogP contribution in [0, 0.1) is 11.3 Å². The molecule has 3 rings (SSSR count). The third-order valence-electron chi connectivity index (χ3n) is 4.49. The fourth-order valence-electron chi connectivity index (χ4n) is 3.45. The summed E-state index contributed by atoms with van der Waals surface area (Å²) in [7, 11) is -5.93.